The van der Waals surface area contributed by atoms with Crippen molar-refractivity contribution < 1.29 is 23.5 Å². The molecule has 0 saturated carbocycles. The molecule has 0 aliphatic heterocycles. The Balaban J connectivity index is 1.63. The molecule has 0 spiro atoms. The summed E-state index contributed by atoms with van der Waals surface area (Å²) < 4.78 is 21.2. The number of benzene rings is 2. The average Bonchev–Trinajstić information content (AvgIpc) is 3.24. The Morgan fingerprint density at radius 2 is 1.53 bits per heavy atom. The zero-order chi connectivity index (χ0) is 21.5. The van der Waals surface area contributed by atoms with E-state index in [-0.39, 0.29) is 25.1 Å². The van der Waals surface area contributed by atoms with Crippen LogP contribution in [0.2, 0.25) is 0 Å². The number of hydrogen-bond acceptors (Lipinski definition) is 7. The molecule has 0 aliphatic carbocycles. The van der Waals surface area contributed by atoms with Gasteiger partial charge in [0, 0.05) is 11.6 Å². The molecule has 3 aromatic rings. The lowest BCUT2D eigenvalue weighted by Gasteiger charge is -2.25. The van der Waals surface area contributed by atoms with E-state index in [1.54, 1.807) is 43.4 Å². The largest absolute Gasteiger partial charge is 0.497 e. The minimum atomic E-state index is -0.176. The van der Waals surface area contributed by atoms with Gasteiger partial charge in [-0.2, -0.15) is 4.98 Å². The van der Waals surface area contributed by atoms with Crippen LogP contribution in [0.5, 0.6) is 17.2 Å². The van der Waals surface area contributed by atoms with Gasteiger partial charge in [0.15, 0.2) is 6.61 Å². The number of aromatic nitrogens is 2. The summed E-state index contributed by atoms with van der Waals surface area (Å²) in [6, 6.07) is 14.3. The van der Waals surface area contributed by atoms with Gasteiger partial charge in [0.2, 0.25) is 11.7 Å². The van der Waals surface area contributed by atoms with Crippen molar-refractivity contribution in [1.29, 1.82) is 0 Å². The fraction of sp³-hybridized carbons (Fsp3) is 0.318. The normalized spacial score (nSPS) is 10.7. The Morgan fingerprint density at radius 3 is 2.10 bits per heavy atom. The number of ether oxygens (including phenoxy) is 3. The molecule has 30 heavy (non-hydrogen) atoms. The van der Waals surface area contributed by atoms with Crippen molar-refractivity contribution in [3.05, 3.63) is 54.4 Å². The van der Waals surface area contributed by atoms with E-state index in [1.807, 2.05) is 38.1 Å². The number of nitrogens with zero attached hydrogens (tertiary/aromatic N) is 3. The van der Waals surface area contributed by atoms with Crippen LogP contribution in [0.4, 0.5) is 0 Å². The highest BCUT2D eigenvalue weighted by atomic mass is 16.5. The summed E-state index contributed by atoms with van der Waals surface area (Å²) in [5.74, 6) is 2.69. The Hall–Kier alpha value is -3.55. The summed E-state index contributed by atoms with van der Waals surface area (Å²) in [4.78, 5) is 18.7. The summed E-state index contributed by atoms with van der Waals surface area (Å²) in [5, 5.41) is 4.02. The van der Waals surface area contributed by atoms with Gasteiger partial charge in [0.25, 0.3) is 5.91 Å². The van der Waals surface area contributed by atoms with Gasteiger partial charge in [-0.3, -0.25) is 4.79 Å². The molecule has 2 aromatic carbocycles. The highest BCUT2D eigenvalue weighted by molar-refractivity contribution is 5.78. The van der Waals surface area contributed by atoms with Crippen LogP contribution >= 0.6 is 0 Å². The van der Waals surface area contributed by atoms with Crippen LogP contribution < -0.4 is 14.2 Å². The number of methoxy groups -OCH3 is 2. The molecule has 158 valence electrons. The lowest BCUT2D eigenvalue weighted by atomic mass is 10.2. The highest BCUT2D eigenvalue weighted by Gasteiger charge is 2.21. The number of rotatable bonds is 9. The molecule has 0 radical (unpaired) electrons. The fourth-order valence-electron chi connectivity index (χ4n) is 2.78. The molecule has 0 atom stereocenters. The van der Waals surface area contributed by atoms with Gasteiger partial charge in [0.1, 0.15) is 23.8 Å². The molecule has 1 amide bonds. The second-order valence-electron chi connectivity index (χ2n) is 6.82. The maximum Gasteiger partial charge on any atom is 0.261 e. The van der Waals surface area contributed by atoms with Crippen LogP contribution in [-0.4, -0.2) is 47.8 Å². The zero-order valence-electron chi connectivity index (χ0n) is 17.5. The quantitative estimate of drug-likeness (QED) is 0.532. The molecular formula is C22H25N3O5. The van der Waals surface area contributed by atoms with Crippen LogP contribution in [0.15, 0.2) is 53.1 Å². The molecule has 8 nitrogen and oxygen atoms in total. The molecule has 0 N–H and O–H groups in total. The molecule has 1 aromatic heterocycles. The highest BCUT2D eigenvalue weighted by Crippen LogP contribution is 2.21. The van der Waals surface area contributed by atoms with Crippen LogP contribution in [-0.2, 0) is 11.3 Å². The van der Waals surface area contributed by atoms with Crippen molar-refractivity contribution in [2.75, 3.05) is 20.8 Å². The molecular weight excluding hydrogens is 386 g/mol. The lowest BCUT2D eigenvalue weighted by Crippen LogP contribution is -2.39. The summed E-state index contributed by atoms with van der Waals surface area (Å²) in [5.41, 5.74) is 0.802. The second kappa shape index (κ2) is 9.78. The van der Waals surface area contributed by atoms with E-state index < -0.39 is 0 Å². The third kappa shape index (κ3) is 5.28. The van der Waals surface area contributed by atoms with Crippen LogP contribution in [0.3, 0.4) is 0 Å². The minimum absolute atomic E-state index is 0.0618. The third-order valence-corrected chi connectivity index (χ3v) is 4.49. The van der Waals surface area contributed by atoms with Gasteiger partial charge < -0.3 is 23.6 Å². The summed E-state index contributed by atoms with van der Waals surface area (Å²) in [7, 11) is 3.20. The number of carbonyl (C=O) groups is 1. The van der Waals surface area contributed by atoms with Gasteiger partial charge in [-0.1, -0.05) is 5.16 Å². The molecule has 1 heterocycles. The Labute approximate surface area is 175 Å². The van der Waals surface area contributed by atoms with Crippen LogP contribution in [0, 0.1) is 0 Å². The predicted molar refractivity (Wildman–Crippen MR) is 110 cm³/mol. The molecule has 3 rings (SSSR count). The second-order valence-corrected chi connectivity index (χ2v) is 6.82. The monoisotopic (exact) mass is 411 g/mol. The maximum absolute atomic E-state index is 12.7. The maximum atomic E-state index is 12.7. The molecule has 8 heteroatoms. The van der Waals surface area contributed by atoms with E-state index in [1.165, 1.54) is 0 Å². The van der Waals surface area contributed by atoms with Crippen LogP contribution in [0.1, 0.15) is 19.7 Å². The van der Waals surface area contributed by atoms with Crippen LogP contribution in [0.25, 0.3) is 11.4 Å². The standard InChI is InChI=1S/C22H25N3O5/c1-15(2)25(21(26)14-29-19-11-9-18(28-4)10-12-19)13-20-23-22(24-30-20)16-5-7-17(27-3)8-6-16/h5-12,15H,13-14H2,1-4H3. The fourth-order valence-corrected chi connectivity index (χ4v) is 2.78. The Kier molecular flexibility index (Phi) is 6.90. The number of carbonyl (C=O) groups excluding carboxylic acids is 1. The van der Waals surface area contributed by atoms with E-state index >= 15 is 0 Å². The van der Waals surface area contributed by atoms with Gasteiger partial charge in [0.05, 0.1) is 14.2 Å². The first kappa shape index (κ1) is 21.2. The Bertz CT molecular complexity index is 952. The molecule has 0 fully saturated rings. The van der Waals surface area contributed by atoms with Crippen molar-refractivity contribution in [3.8, 4) is 28.6 Å². The van der Waals surface area contributed by atoms with Crippen molar-refractivity contribution in [2.45, 2.75) is 26.4 Å². The van der Waals surface area contributed by atoms with Gasteiger partial charge in [-0.15, -0.1) is 0 Å². The topological polar surface area (TPSA) is 86.9 Å². The number of hydrogen-bond donors (Lipinski definition) is 0. The first-order chi connectivity index (χ1) is 14.5. The average molecular weight is 411 g/mol. The van der Waals surface area contributed by atoms with E-state index in [9.17, 15) is 4.79 Å². The summed E-state index contributed by atoms with van der Waals surface area (Å²) >= 11 is 0. The summed E-state index contributed by atoms with van der Waals surface area (Å²) in [6.45, 7) is 3.95. The Morgan fingerprint density at radius 1 is 0.967 bits per heavy atom. The smallest absolute Gasteiger partial charge is 0.261 e. The van der Waals surface area contributed by atoms with Crippen molar-refractivity contribution in [1.82, 2.24) is 15.0 Å². The van der Waals surface area contributed by atoms with Crippen molar-refractivity contribution in [3.63, 3.8) is 0 Å². The van der Waals surface area contributed by atoms with E-state index in [0.717, 1.165) is 17.1 Å². The number of amides is 1. The lowest BCUT2D eigenvalue weighted by molar-refractivity contribution is -0.136. The molecule has 0 aliphatic rings. The minimum Gasteiger partial charge on any atom is -0.497 e. The first-order valence-corrected chi connectivity index (χ1v) is 9.53. The molecule has 0 bridgehead atoms. The van der Waals surface area contributed by atoms with E-state index in [2.05, 4.69) is 10.1 Å². The predicted octanol–water partition coefficient (Wildman–Crippen LogP) is 3.57. The molecule has 0 unspecified atom stereocenters. The van der Waals surface area contributed by atoms with Crippen molar-refractivity contribution >= 4 is 5.91 Å². The van der Waals surface area contributed by atoms with E-state index in [4.69, 9.17) is 18.7 Å². The zero-order valence-corrected chi connectivity index (χ0v) is 17.5. The molecule has 0 saturated heterocycles. The van der Waals surface area contributed by atoms with E-state index in [0.29, 0.717) is 17.5 Å². The SMILES string of the molecule is COc1ccc(OCC(=O)N(Cc2nc(-c3ccc(OC)cc3)no2)C(C)C)cc1. The summed E-state index contributed by atoms with van der Waals surface area (Å²) in [6.07, 6.45) is 0. The van der Waals surface area contributed by atoms with Gasteiger partial charge in [-0.05, 0) is 62.4 Å². The third-order valence-electron chi connectivity index (χ3n) is 4.49. The van der Waals surface area contributed by atoms with Gasteiger partial charge >= 0.3 is 0 Å². The van der Waals surface area contributed by atoms with Crippen molar-refractivity contribution in [2.24, 2.45) is 0 Å². The van der Waals surface area contributed by atoms with Gasteiger partial charge in [-0.25, -0.2) is 0 Å². The first-order valence-electron chi connectivity index (χ1n) is 9.53.